The summed E-state index contributed by atoms with van der Waals surface area (Å²) >= 11 is 0. The van der Waals surface area contributed by atoms with Gasteiger partial charge in [0.15, 0.2) is 0 Å². The molecule has 1 aromatic carbocycles. The van der Waals surface area contributed by atoms with Crippen molar-refractivity contribution in [1.82, 2.24) is 9.88 Å². The molecule has 2 aromatic rings. The first kappa shape index (κ1) is 21.9. The van der Waals surface area contributed by atoms with E-state index in [0.717, 1.165) is 49.1 Å². The van der Waals surface area contributed by atoms with Crippen LogP contribution in [-0.2, 0) is 18.3 Å². The van der Waals surface area contributed by atoms with Gasteiger partial charge in [0.1, 0.15) is 17.9 Å². The molecule has 170 valence electrons. The molecule has 0 spiro atoms. The van der Waals surface area contributed by atoms with Crippen molar-refractivity contribution >= 4 is 17.6 Å². The van der Waals surface area contributed by atoms with Crippen LogP contribution in [0.15, 0.2) is 23.0 Å². The smallest absolute Gasteiger partial charge is 0.309 e. The van der Waals surface area contributed by atoms with E-state index >= 15 is 0 Å². The van der Waals surface area contributed by atoms with E-state index in [9.17, 15) is 19.5 Å². The largest absolute Gasteiger partial charge is 0.490 e. The first-order chi connectivity index (χ1) is 15.4. The number of pyridine rings is 1. The lowest BCUT2D eigenvalue weighted by atomic mass is 9.92. The Morgan fingerprint density at radius 2 is 2.00 bits per heavy atom. The molecule has 4 rings (SSSR count). The molecule has 0 saturated heterocycles. The number of aliphatic carboxylic acids is 1. The summed E-state index contributed by atoms with van der Waals surface area (Å²) in [7, 11) is 1.53. The average Bonchev–Trinajstić information content (AvgIpc) is 2.77. The molecule has 32 heavy (non-hydrogen) atoms. The molecule has 1 amide bonds. The number of carbonyl (C=O) groups is 2. The van der Waals surface area contributed by atoms with E-state index in [2.05, 4.69) is 10.6 Å². The molecular weight excluding hydrogens is 410 g/mol. The maximum atomic E-state index is 13.2. The van der Waals surface area contributed by atoms with Gasteiger partial charge in [-0.3, -0.25) is 14.4 Å². The van der Waals surface area contributed by atoms with Gasteiger partial charge in [0.25, 0.3) is 11.5 Å². The third-order valence-corrected chi connectivity index (χ3v) is 6.39. The van der Waals surface area contributed by atoms with Crippen molar-refractivity contribution in [1.29, 1.82) is 0 Å². The van der Waals surface area contributed by atoms with Crippen LogP contribution in [0, 0.1) is 6.92 Å². The van der Waals surface area contributed by atoms with Gasteiger partial charge in [0.05, 0.1) is 12.1 Å². The van der Waals surface area contributed by atoms with Crippen LogP contribution < -0.4 is 20.9 Å². The van der Waals surface area contributed by atoms with Gasteiger partial charge in [0.2, 0.25) is 0 Å². The van der Waals surface area contributed by atoms with Crippen LogP contribution in [0.5, 0.6) is 5.75 Å². The van der Waals surface area contributed by atoms with Crippen LogP contribution in [0.2, 0.25) is 0 Å². The zero-order valence-corrected chi connectivity index (χ0v) is 18.5. The molecule has 0 radical (unpaired) electrons. The molecule has 2 heterocycles. The number of hydrogen-bond acceptors (Lipinski definition) is 5. The molecule has 0 atom stereocenters. The number of amides is 1. The van der Waals surface area contributed by atoms with E-state index in [1.54, 1.807) is 6.92 Å². The van der Waals surface area contributed by atoms with E-state index in [1.165, 1.54) is 11.6 Å². The molecule has 1 aromatic heterocycles. The predicted octanol–water partition coefficient (Wildman–Crippen LogP) is 2.85. The van der Waals surface area contributed by atoms with Gasteiger partial charge >= 0.3 is 5.97 Å². The second kappa shape index (κ2) is 9.06. The van der Waals surface area contributed by atoms with Crippen molar-refractivity contribution in [2.75, 3.05) is 18.5 Å². The highest BCUT2D eigenvalue weighted by atomic mass is 16.5. The Labute approximate surface area is 186 Å². The second-order valence-corrected chi connectivity index (χ2v) is 8.55. The lowest BCUT2D eigenvalue weighted by Crippen LogP contribution is -2.41. The normalized spacial score (nSPS) is 15.9. The van der Waals surface area contributed by atoms with Gasteiger partial charge in [0, 0.05) is 30.9 Å². The first-order valence-electron chi connectivity index (χ1n) is 11.1. The number of nitrogens with one attached hydrogen (secondary N) is 2. The topological polar surface area (TPSA) is 110 Å². The summed E-state index contributed by atoms with van der Waals surface area (Å²) in [4.78, 5) is 38.0. The van der Waals surface area contributed by atoms with Gasteiger partial charge in [-0.2, -0.15) is 0 Å². The van der Waals surface area contributed by atoms with Gasteiger partial charge in [-0.05, 0) is 43.0 Å². The highest BCUT2D eigenvalue weighted by molar-refractivity contribution is 5.98. The van der Waals surface area contributed by atoms with E-state index in [-0.39, 0.29) is 18.0 Å². The minimum atomic E-state index is -1.04. The summed E-state index contributed by atoms with van der Waals surface area (Å²) in [6, 6.07) is 5.61. The van der Waals surface area contributed by atoms with Crippen molar-refractivity contribution < 1.29 is 19.4 Å². The summed E-state index contributed by atoms with van der Waals surface area (Å²) in [5.41, 5.74) is 2.59. The highest BCUT2D eigenvalue weighted by Crippen LogP contribution is 2.36. The molecule has 0 unspecified atom stereocenters. The zero-order valence-electron chi connectivity index (χ0n) is 18.5. The molecule has 8 nitrogen and oxygen atoms in total. The quantitative estimate of drug-likeness (QED) is 0.661. The van der Waals surface area contributed by atoms with Crippen molar-refractivity contribution in [2.24, 2.45) is 7.05 Å². The van der Waals surface area contributed by atoms with Crippen molar-refractivity contribution in [3.63, 3.8) is 0 Å². The van der Waals surface area contributed by atoms with Gasteiger partial charge in [-0.1, -0.05) is 25.3 Å². The molecule has 8 heteroatoms. The fourth-order valence-corrected chi connectivity index (χ4v) is 4.76. The lowest BCUT2D eigenvalue weighted by molar-refractivity contribution is -0.136. The van der Waals surface area contributed by atoms with Gasteiger partial charge in [-0.15, -0.1) is 0 Å². The minimum absolute atomic E-state index is 0.0626. The number of ether oxygens (including phenoxy) is 1. The monoisotopic (exact) mass is 439 g/mol. The number of carboxylic acids is 1. The summed E-state index contributed by atoms with van der Waals surface area (Å²) < 4.78 is 6.95. The fraction of sp³-hybridized carbons (Fsp3) is 0.458. The van der Waals surface area contributed by atoms with E-state index in [1.807, 2.05) is 18.2 Å². The highest BCUT2D eigenvalue weighted by Gasteiger charge is 2.27. The SMILES string of the molecule is Cc1c(-c2ccc3c(c2)NCCO3)c(CC(=O)O)n(C)c(=O)c1C(=O)NC1CCCCC1. The Bertz CT molecular complexity index is 1120. The fourth-order valence-electron chi connectivity index (χ4n) is 4.76. The number of nitrogens with zero attached hydrogens (tertiary/aromatic N) is 1. The Balaban J connectivity index is 1.84. The van der Waals surface area contributed by atoms with Crippen LogP contribution in [0.1, 0.15) is 53.7 Å². The predicted molar refractivity (Wildman–Crippen MR) is 122 cm³/mol. The molecule has 3 N–H and O–H groups in total. The van der Waals surface area contributed by atoms with Crippen molar-refractivity contribution in [3.05, 3.63) is 45.4 Å². The molecule has 1 fully saturated rings. The molecule has 1 saturated carbocycles. The first-order valence-corrected chi connectivity index (χ1v) is 11.1. The number of carbonyl (C=O) groups excluding carboxylic acids is 1. The van der Waals surface area contributed by atoms with Crippen LogP contribution >= 0.6 is 0 Å². The number of anilines is 1. The number of aromatic nitrogens is 1. The second-order valence-electron chi connectivity index (χ2n) is 8.55. The molecular formula is C24H29N3O5. The molecule has 0 bridgehead atoms. The molecule has 2 aliphatic rings. The number of benzene rings is 1. The number of fused-ring (bicyclic) bond motifs is 1. The number of hydrogen-bond donors (Lipinski definition) is 3. The Morgan fingerprint density at radius 1 is 1.25 bits per heavy atom. The average molecular weight is 440 g/mol. The Hall–Kier alpha value is -3.29. The Morgan fingerprint density at radius 3 is 2.72 bits per heavy atom. The van der Waals surface area contributed by atoms with Crippen LogP contribution in [-0.4, -0.2) is 40.7 Å². The third kappa shape index (κ3) is 4.22. The van der Waals surface area contributed by atoms with Crippen LogP contribution in [0.4, 0.5) is 5.69 Å². The van der Waals surface area contributed by atoms with Crippen LogP contribution in [0.3, 0.4) is 0 Å². The lowest BCUT2D eigenvalue weighted by Gasteiger charge is -2.25. The summed E-state index contributed by atoms with van der Waals surface area (Å²) in [5.74, 6) is -0.713. The number of rotatable bonds is 5. The summed E-state index contributed by atoms with van der Waals surface area (Å²) in [6.07, 6.45) is 4.78. The van der Waals surface area contributed by atoms with E-state index in [0.29, 0.717) is 30.0 Å². The van der Waals surface area contributed by atoms with E-state index in [4.69, 9.17) is 4.74 Å². The third-order valence-electron chi connectivity index (χ3n) is 6.39. The van der Waals surface area contributed by atoms with Crippen LogP contribution in [0.25, 0.3) is 11.1 Å². The minimum Gasteiger partial charge on any atom is -0.490 e. The maximum Gasteiger partial charge on any atom is 0.309 e. The van der Waals surface area contributed by atoms with Gasteiger partial charge in [-0.25, -0.2) is 0 Å². The summed E-state index contributed by atoms with van der Waals surface area (Å²) in [5, 5.41) is 15.8. The van der Waals surface area contributed by atoms with E-state index < -0.39 is 17.4 Å². The van der Waals surface area contributed by atoms with Crippen molar-refractivity contribution in [2.45, 2.75) is 51.5 Å². The molecule has 1 aliphatic heterocycles. The van der Waals surface area contributed by atoms with Gasteiger partial charge < -0.3 is 25.0 Å². The molecule has 1 aliphatic carbocycles. The number of carboxylic acid groups (broad SMARTS) is 1. The zero-order chi connectivity index (χ0) is 22.8. The standard InChI is InChI=1S/C24H29N3O5/c1-14-21(15-8-9-19-17(12-15)25-10-11-32-19)18(13-20(28)29)27(2)24(31)22(14)23(30)26-16-6-4-3-5-7-16/h8-9,12,16,25H,3-7,10-11,13H2,1-2H3,(H,26,30)(H,28,29). The maximum absolute atomic E-state index is 13.2. The Kier molecular flexibility index (Phi) is 6.21. The van der Waals surface area contributed by atoms with Crippen molar-refractivity contribution in [3.8, 4) is 16.9 Å². The summed E-state index contributed by atoms with van der Waals surface area (Å²) in [6.45, 7) is 2.96.